The van der Waals surface area contributed by atoms with Crippen LogP contribution >= 0.6 is 0 Å². The third kappa shape index (κ3) is 2.49. The van der Waals surface area contributed by atoms with Gasteiger partial charge in [-0.25, -0.2) is 4.98 Å². The molecule has 6 nitrogen and oxygen atoms in total. The smallest absolute Gasteiger partial charge is 0.255 e. The molecule has 1 atom stereocenters. The molecule has 0 spiro atoms. The zero-order chi connectivity index (χ0) is 13.1. The highest BCUT2D eigenvalue weighted by Gasteiger charge is 2.26. The molecule has 18 heavy (non-hydrogen) atoms. The minimum Gasteiger partial charge on any atom is -0.479 e. The first kappa shape index (κ1) is 12.5. The fourth-order valence-electron chi connectivity index (χ4n) is 2.03. The molecule has 0 aliphatic carbocycles. The summed E-state index contributed by atoms with van der Waals surface area (Å²) in [6.07, 6.45) is 2.66. The quantitative estimate of drug-likeness (QED) is 0.840. The van der Waals surface area contributed by atoms with Gasteiger partial charge < -0.3 is 15.4 Å². The van der Waals surface area contributed by atoms with Crippen molar-refractivity contribution < 1.29 is 13.9 Å². The Morgan fingerprint density at radius 1 is 1.67 bits per heavy atom. The molecule has 0 saturated carbocycles. The van der Waals surface area contributed by atoms with Crippen molar-refractivity contribution in [2.24, 2.45) is 11.7 Å². The number of hydrogen-bond acceptors (Lipinski definition) is 5. The monoisotopic (exact) mass is 254 g/mol. The van der Waals surface area contributed by atoms with E-state index in [1.165, 1.54) is 7.11 Å². The Labute approximate surface area is 104 Å². The number of methoxy groups -OCH3 is 1. The number of carbonyl (C=O) groups is 1. The number of ether oxygens (including phenoxy) is 1. The number of amides is 1. The van der Waals surface area contributed by atoms with Crippen LogP contribution in [0.15, 0.2) is 6.20 Å². The van der Waals surface area contributed by atoms with E-state index in [-0.39, 0.29) is 17.7 Å². The largest absolute Gasteiger partial charge is 0.479 e. The summed E-state index contributed by atoms with van der Waals surface area (Å²) >= 11 is 0. The Morgan fingerprint density at radius 2 is 2.44 bits per heavy atom. The summed E-state index contributed by atoms with van der Waals surface area (Å²) < 4.78 is 18.0. The molecule has 98 valence electrons. The molecule has 0 bridgehead atoms. The molecule has 1 fully saturated rings. The minimum atomic E-state index is -0.607. The van der Waals surface area contributed by atoms with Gasteiger partial charge in [0.2, 0.25) is 17.7 Å². The first-order chi connectivity index (χ1) is 8.61. The molecular formula is C11H15FN4O2. The Hall–Kier alpha value is -1.92. The van der Waals surface area contributed by atoms with Crippen LogP contribution in [-0.4, -0.2) is 36.1 Å². The number of carbonyl (C=O) groups excluding carboxylic acids is 1. The van der Waals surface area contributed by atoms with Crippen molar-refractivity contribution in [2.45, 2.75) is 12.8 Å². The Bertz CT molecular complexity index is 455. The SMILES string of the molecule is COc1nc(N2CCCC(C(N)=O)C2)ncc1F. The number of rotatable bonds is 3. The van der Waals surface area contributed by atoms with Gasteiger partial charge in [-0.1, -0.05) is 0 Å². The normalized spacial score (nSPS) is 19.7. The maximum Gasteiger partial charge on any atom is 0.255 e. The molecule has 7 heteroatoms. The lowest BCUT2D eigenvalue weighted by Crippen LogP contribution is -2.41. The third-order valence-electron chi connectivity index (χ3n) is 3.00. The van der Waals surface area contributed by atoms with Gasteiger partial charge in [-0.15, -0.1) is 0 Å². The lowest BCUT2D eigenvalue weighted by atomic mass is 9.98. The molecule has 1 aliphatic rings. The molecule has 1 aliphatic heterocycles. The fraction of sp³-hybridized carbons (Fsp3) is 0.545. The summed E-state index contributed by atoms with van der Waals surface area (Å²) in [5.74, 6) is -0.878. The summed E-state index contributed by atoms with van der Waals surface area (Å²) in [5.41, 5.74) is 5.30. The first-order valence-electron chi connectivity index (χ1n) is 5.72. The molecule has 1 amide bonds. The predicted octanol–water partition coefficient (Wildman–Crippen LogP) is 0.326. The van der Waals surface area contributed by atoms with Crippen molar-refractivity contribution in [1.29, 1.82) is 0 Å². The Kier molecular flexibility index (Phi) is 3.59. The molecule has 0 aromatic carbocycles. The van der Waals surface area contributed by atoms with Crippen LogP contribution in [0.3, 0.4) is 0 Å². The van der Waals surface area contributed by atoms with Gasteiger partial charge in [0.05, 0.1) is 19.2 Å². The standard InChI is InChI=1S/C11H15FN4O2/c1-18-10-8(12)5-14-11(15-10)16-4-2-3-7(6-16)9(13)17/h5,7H,2-4,6H2,1H3,(H2,13,17). The van der Waals surface area contributed by atoms with E-state index >= 15 is 0 Å². The van der Waals surface area contributed by atoms with E-state index < -0.39 is 5.82 Å². The van der Waals surface area contributed by atoms with Crippen molar-refractivity contribution >= 4 is 11.9 Å². The number of nitrogens with two attached hydrogens (primary N) is 1. The van der Waals surface area contributed by atoms with Crippen LogP contribution in [-0.2, 0) is 4.79 Å². The van der Waals surface area contributed by atoms with Crippen LogP contribution in [0.25, 0.3) is 0 Å². The highest BCUT2D eigenvalue weighted by atomic mass is 19.1. The molecule has 1 aromatic rings. The van der Waals surface area contributed by atoms with Crippen LogP contribution in [0.5, 0.6) is 5.88 Å². The maximum atomic E-state index is 13.2. The zero-order valence-electron chi connectivity index (χ0n) is 10.1. The predicted molar refractivity (Wildman–Crippen MR) is 62.7 cm³/mol. The van der Waals surface area contributed by atoms with E-state index in [9.17, 15) is 9.18 Å². The highest BCUT2D eigenvalue weighted by molar-refractivity contribution is 5.77. The molecule has 1 unspecified atom stereocenters. The lowest BCUT2D eigenvalue weighted by Gasteiger charge is -2.31. The number of aromatic nitrogens is 2. The second-order valence-electron chi connectivity index (χ2n) is 4.21. The van der Waals surface area contributed by atoms with Crippen molar-refractivity contribution in [1.82, 2.24) is 9.97 Å². The first-order valence-corrected chi connectivity index (χ1v) is 5.72. The summed E-state index contributed by atoms with van der Waals surface area (Å²) in [6.45, 7) is 1.18. The van der Waals surface area contributed by atoms with E-state index in [1.807, 2.05) is 4.90 Å². The molecule has 2 heterocycles. The molecule has 2 rings (SSSR count). The van der Waals surface area contributed by atoms with E-state index in [1.54, 1.807) is 0 Å². The summed E-state index contributed by atoms with van der Waals surface area (Å²) in [7, 11) is 1.34. The number of hydrogen-bond donors (Lipinski definition) is 1. The summed E-state index contributed by atoms with van der Waals surface area (Å²) in [6, 6.07) is 0. The van der Waals surface area contributed by atoms with Crippen LogP contribution in [0.2, 0.25) is 0 Å². The van der Waals surface area contributed by atoms with E-state index in [4.69, 9.17) is 10.5 Å². The van der Waals surface area contributed by atoms with Crippen LogP contribution in [0.1, 0.15) is 12.8 Å². The van der Waals surface area contributed by atoms with Gasteiger partial charge in [-0.3, -0.25) is 4.79 Å². The average Bonchev–Trinajstić information content (AvgIpc) is 2.39. The van der Waals surface area contributed by atoms with Crippen molar-refractivity contribution in [3.63, 3.8) is 0 Å². The number of nitrogens with zero attached hydrogens (tertiary/aromatic N) is 3. The topological polar surface area (TPSA) is 81.3 Å². The number of halogens is 1. The van der Waals surface area contributed by atoms with Crippen molar-refractivity contribution in [3.05, 3.63) is 12.0 Å². The number of anilines is 1. The third-order valence-corrected chi connectivity index (χ3v) is 3.00. The lowest BCUT2D eigenvalue weighted by molar-refractivity contribution is -0.122. The molecule has 2 N–H and O–H groups in total. The Balaban J connectivity index is 2.18. The van der Waals surface area contributed by atoms with Crippen molar-refractivity contribution in [3.8, 4) is 5.88 Å². The second kappa shape index (κ2) is 5.16. The van der Waals surface area contributed by atoms with Gasteiger partial charge in [0.1, 0.15) is 0 Å². The van der Waals surface area contributed by atoms with Crippen LogP contribution in [0.4, 0.5) is 10.3 Å². The summed E-state index contributed by atoms with van der Waals surface area (Å²) in [5, 5.41) is 0. The minimum absolute atomic E-state index is 0.0961. The molecule has 1 saturated heterocycles. The van der Waals surface area contributed by atoms with Crippen LogP contribution in [0, 0.1) is 11.7 Å². The molecular weight excluding hydrogens is 239 g/mol. The van der Waals surface area contributed by atoms with Gasteiger partial charge in [-0.2, -0.15) is 9.37 Å². The maximum absolute atomic E-state index is 13.2. The molecule has 1 aromatic heterocycles. The van der Waals surface area contributed by atoms with E-state index in [2.05, 4.69) is 9.97 Å². The highest BCUT2D eigenvalue weighted by Crippen LogP contribution is 2.22. The Morgan fingerprint density at radius 3 is 3.11 bits per heavy atom. The van der Waals surface area contributed by atoms with Gasteiger partial charge >= 0.3 is 0 Å². The fourth-order valence-corrected chi connectivity index (χ4v) is 2.03. The number of piperidine rings is 1. The van der Waals surface area contributed by atoms with Crippen LogP contribution < -0.4 is 15.4 Å². The van der Waals surface area contributed by atoms with Gasteiger partial charge in [-0.05, 0) is 12.8 Å². The van der Waals surface area contributed by atoms with Gasteiger partial charge in [0, 0.05) is 13.1 Å². The zero-order valence-corrected chi connectivity index (χ0v) is 10.1. The number of primary amides is 1. The van der Waals surface area contributed by atoms with Gasteiger partial charge in [0.15, 0.2) is 0 Å². The molecule has 0 radical (unpaired) electrons. The van der Waals surface area contributed by atoms with Gasteiger partial charge in [0.25, 0.3) is 5.88 Å². The van der Waals surface area contributed by atoms with E-state index in [0.29, 0.717) is 12.5 Å². The summed E-state index contributed by atoms with van der Waals surface area (Å²) in [4.78, 5) is 20.9. The van der Waals surface area contributed by atoms with E-state index in [0.717, 1.165) is 25.6 Å². The van der Waals surface area contributed by atoms with Crippen molar-refractivity contribution in [2.75, 3.05) is 25.1 Å². The second-order valence-corrected chi connectivity index (χ2v) is 4.21. The average molecular weight is 254 g/mol.